The highest BCUT2D eigenvalue weighted by molar-refractivity contribution is 6.18. The Hall–Kier alpha value is -3.99. The van der Waals surface area contributed by atoms with Crippen molar-refractivity contribution >= 4 is 27.7 Å². The number of amides is 1. The van der Waals surface area contributed by atoms with E-state index >= 15 is 0 Å². The molecule has 0 unspecified atom stereocenters. The molecule has 0 bridgehead atoms. The fourth-order valence-corrected chi connectivity index (χ4v) is 4.04. The highest BCUT2D eigenvalue weighted by atomic mass is 16.5. The Bertz CT molecular complexity index is 1360. The number of methoxy groups -OCH3 is 1. The molecule has 0 aliphatic rings. The highest BCUT2D eigenvalue weighted by Crippen LogP contribution is 2.35. The van der Waals surface area contributed by atoms with E-state index in [1.165, 1.54) is 0 Å². The smallest absolute Gasteiger partial charge is 0.249 e. The normalized spacial score (nSPS) is 11.2. The van der Waals surface area contributed by atoms with E-state index in [9.17, 15) is 4.79 Å². The quantitative estimate of drug-likeness (QED) is 0.443. The molecule has 0 spiro atoms. The van der Waals surface area contributed by atoms with Gasteiger partial charge in [0.15, 0.2) is 0 Å². The second-order valence-corrected chi connectivity index (χ2v) is 7.19. The van der Waals surface area contributed by atoms with E-state index in [1.54, 1.807) is 19.4 Å². The maximum absolute atomic E-state index is 12.1. The van der Waals surface area contributed by atoms with Gasteiger partial charge in [0.25, 0.3) is 0 Å². The van der Waals surface area contributed by atoms with Crippen molar-refractivity contribution in [2.45, 2.75) is 6.54 Å². The number of primary amides is 1. The van der Waals surface area contributed by atoms with Gasteiger partial charge >= 0.3 is 0 Å². The average molecular weight is 396 g/mol. The highest BCUT2D eigenvalue weighted by Gasteiger charge is 2.17. The van der Waals surface area contributed by atoms with E-state index in [-0.39, 0.29) is 0 Å². The number of carbonyl (C=O) groups excluding carboxylic acids is 1. The lowest BCUT2D eigenvalue weighted by Crippen LogP contribution is -2.11. The number of furan rings is 1. The van der Waals surface area contributed by atoms with Gasteiger partial charge in [-0.2, -0.15) is 0 Å². The summed E-state index contributed by atoms with van der Waals surface area (Å²) in [6.45, 7) is 0.557. The number of carbonyl (C=O) groups is 1. The molecule has 0 saturated carbocycles. The summed E-state index contributed by atoms with van der Waals surface area (Å²) < 4.78 is 13.0. The van der Waals surface area contributed by atoms with Crippen LogP contribution in [0.15, 0.2) is 83.5 Å². The first-order chi connectivity index (χ1) is 14.7. The first-order valence-electron chi connectivity index (χ1n) is 9.67. The van der Waals surface area contributed by atoms with Gasteiger partial charge in [0.1, 0.15) is 11.5 Å². The Labute approximate surface area is 173 Å². The topological polar surface area (TPSA) is 70.4 Å². The van der Waals surface area contributed by atoms with Crippen molar-refractivity contribution in [2.24, 2.45) is 5.73 Å². The zero-order valence-electron chi connectivity index (χ0n) is 16.5. The van der Waals surface area contributed by atoms with Crippen molar-refractivity contribution in [1.82, 2.24) is 4.57 Å². The summed E-state index contributed by atoms with van der Waals surface area (Å²) in [5, 5.41) is 1.86. The van der Waals surface area contributed by atoms with E-state index in [4.69, 9.17) is 14.9 Å². The van der Waals surface area contributed by atoms with Crippen LogP contribution < -0.4 is 10.5 Å². The van der Waals surface area contributed by atoms with Gasteiger partial charge in [-0.3, -0.25) is 4.79 Å². The van der Waals surface area contributed by atoms with Crippen LogP contribution in [0.25, 0.3) is 32.9 Å². The third-order valence-corrected chi connectivity index (χ3v) is 5.47. The number of hydrogen-bond donors (Lipinski definition) is 1. The lowest BCUT2D eigenvalue weighted by atomic mass is 10.0. The van der Waals surface area contributed by atoms with Crippen LogP contribution in [0.4, 0.5) is 0 Å². The minimum absolute atomic E-state index is 0.433. The molecule has 0 aliphatic heterocycles. The maximum Gasteiger partial charge on any atom is 0.249 e. The molecule has 1 amide bonds. The minimum Gasteiger partial charge on any atom is -0.497 e. The number of ether oxygens (including phenoxy) is 1. The molecule has 2 heterocycles. The average Bonchev–Trinajstić information content (AvgIpc) is 3.40. The van der Waals surface area contributed by atoms with Crippen molar-refractivity contribution in [3.63, 3.8) is 0 Å². The SMILES string of the molecule is COc1ccc(-c2ccc3c4c(C(N)=O)cccc4n(Cc4ccco4)c3c2)cc1. The van der Waals surface area contributed by atoms with Gasteiger partial charge < -0.3 is 19.5 Å². The third kappa shape index (κ3) is 2.92. The summed E-state index contributed by atoms with van der Waals surface area (Å²) in [5.74, 6) is 1.22. The second kappa shape index (κ2) is 7.12. The number of nitrogens with two attached hydrogens (primary N) is 1. The van der Waals surface area contributed by atoms with Crippen LogP contribution >= 0.6 is 0 Å². The van der Waals surface area contributed by atoms with Gasteiger partial charge in [-0.1, -0.05) is 30.3 Å². The summed E-state index contributed by atoms with van der Waals surface area (Å²) >= 11 is 0. The Kier molecular flexibility index (Phi) is 4.29. The fraction of sp³-hybridized carbons (Fsp3) is 0.0800. The Morgan fingerprint density at radius 3 is 2.47 bits per heavy atom. The number of hydrogen-bond acceptors (Lipinski definition) is 3. The van der Waals surface area contributed by atoms with Crippen LogP contribution in [-0.4, -0.2) is 17.6 Å². The molecule has 30 heavy (non-hydrogen) atoms. The van der Waals surface area contributed by atoms with Crippen LogP contribution in [0.2, 0.25) is 0 Å². The molecule has 5 rings (SSSR count). The lowest BCUT2D eigenvalue weighted by Gasteiger charge is -2.08. The van der Waals surface area contributed by atoms with Crippen LogP contribution in [0, 0.1) is 0 Å². The molecule has 2 aromatic heterocycles. The summed E-state index contributed by atoms with van der Waals surface area (Å²) in [4.78, 5) is 12.1. The minimum atomic E-state index is -0.433. The predicted molar refractivity (Wildman–Crippen MR) is 118 cm³/mol. The van der Waals surface area contributed by atoms with Crippen LogP contribution in [0.5, 0.6) is 5.75 Å². The standard InChI is InChI=1S/C25H20N2O3/c1-29-18-10-7-16(8-11-18)17-9-12-20-23(14-17)27(15-19-4-3-13-30-19)22-6-2-5-21(24(20)22)25(26)28/h2-14H,15H2,1H3,(H2,26,28). The van der Waals surface area contributed by atoms with Gasteiger partial charge in [-0.15, -0.1) is 0 Å². The molecule has 2 N–H and O–H groups in total. The van der Waals surface area contributed by atoms with Gasteiger partial charge in [0, 0.05) is 16.3 Å². The first kappa shape index (κ1) is 18.1. The van der Waals surface area contributed by atoms with Gasteiger partial charge in [-0.05, 0) is 53.6 Å². The Morgan fingerprint density at radius 2 is 1.77 bits per heavy atom. The molecular weight excluding hydrogens is 376 g/mol. The monoisotopic (exact) mass is 396 g/mol. The van der Waals surface area contributed by atoms with Crippen LogP contribution in [0.1, 0.15) is 16.1 Å². The number of fused-ring (bicyclic) bond motifs is 3. The summed E-state index contributed by atoms with van der Waals surface area (Å²) in [6.07, 6.45) is 1.67. The van der Waals surface area contributed by atoms with E-state index in [0.29, 0.717) is 12.1 Å². The maximum atomic E-state index is 12.1. The molecular formula is C25H20N2O3. The van der Waals surface area contributed by atoms with Gasteiger partial charge in [-0.25, -0.2) is 0 Å². The molecule has 5 aromatic rings. The zero-order chi connectivity index (χ0) is 20.7. The Balaban J connectivity index is 1.77. The predicted octanol–water partition coefficient (Wildman–Crippen LogP) is 5.21. The van der Waals surface area contributed by atoms with Crippen molar-refractivity contribution in [3.8, 4) is 16.9 Å². The van der Waals surface area contributed by atoms with Gasteiger partial charge in [0.05, 0.1) is 31.0 Å². The summed E-state index contributed by atoms with van der Waals surface area (Å²) in [5.41, 5.74) is 10.3. The molecule has 5 heteroatoms. The summed E-state index contributed by atoms with van der Waals surface area (Å²) in [7, 11) is 1.66. The van der Waals surface area contributed by atoms with Gasteiger partial charge in [0.2, 0.25) is 5.91 Å². The van der Waals surface area contributed by atoms with E-state index in [2.05, 4.69) is 22.8 Å². The molecule has 148 valence electrons. The van der Waals surface area contributed by atoms with Crippen molar-refractivity contribution in [1.29, 1.82) is 0 Å². The fourth-order valence-electron chi connectivity index (χ4n) is 4.04. The van der Waals surface area contributed by atoms with Crippen molar-refractivity contribution in [3.05, 3.63) is 90.4 Å². The number of aromatic nitrogens is 1. The molecule has 0 atom stereocenters. The molecule has 0 fully saturated rings. The zero-order valence-corrected chi connectivity index (χ0v) is 16.5. The Morgan fingerprint density at radius 1 is 0.967 bits per heavy atom. The number of benzene rings is 3. The van der Waals surface area contributed by atoms with E-state index < -0.39 is 5.91 Å². The number of nitrogens with zero attached hydrogens (tertiary/aromatic N) is 1. The summed E-state index contributed by atoms with van der Waals surface area (Å²) in [6, 6.07) is 23.7. The second-order valence-electron chi connectivity index (χ2n) is 7.19. The molecule has 3 aromatic carbocycles. The lowest BCUT2D eigenvalue weighted by molar-refractivity contribution is 0.100. The molecule has 0 radical (unpaired) electrons. The van der Waals surface area contributed by atoms with Crippen LogP contribution in [0.3, 0.4) is 0 Å². The van der Waals surface area contributed by atoms with Crippen molar-refractivity contribution in [2.75, 3.05) is 7.11 Å². The van der Waals surface area contributed by atoms with Crippen LogP contribution in [-0.2, 0) is 6.54 Å². The first-order valence-corrected chi connectivity index (χ1v) is 9.67. The largest absolute Gasteiger partial charge is 0.497 e. The molecule has 0 saturated heterocycles. The van der Waals surface area contributed by atoms with E-state index in [1.807, 2.05) is 48.5 Å². The number of rotatable bonds is 5. The molecule has 5 nitrogen and oxygen atoms in total. The van der Waals surface area contributed by atoms with E-state index in [0.717, 1.165) is 44.4 Å². The van der Waals surface area contributed by atoms with Crippen molar-refractivity contribution < 1.29 is 13.9 Å². The third-order valence-electron chi connectivity index (χ3n) is 5.47. The molecule has 0 aliphatic carbocycles.